The minimum absolute atomic E-state index is 0.158. The van der Waals surface area contributed by atoms with Crippen LogP contribution in [0, 0.1) is 0 Å². The average Bonchev–Trinajstić information content (AvgIpc) is 2.26. The van der Waals surface area contributed by atoms with Crippen LogP contribution in [0.4, 0.5) is 0 Å². The number of aliphatic hydroxyl groups is 1. The van der Waals surface area contributed by atoms with Crippen LogP contribution in [-0.4, -0.2) is 37.6 Å². The third-order valence-electron chi connectivity index (χ3n) is 2.31. The van der Waals surface area contributed by atoms with Gasteiger partial charge in [-0.2, -0.15) is 0 Å². The molecular weight excluding hydrogens is 192 g/mol. The molecule has 1 N–H and O–H groups in total. The highest BCUT2D eigenvalue weighted by atomic mass is 16.5. The normalized spacial score (nSPS) is 13.0. The zero-order valence-electron chi connectivity index (χ0n) is 10.2. The molecule has 3 nitrogen and oxygen atoms in total. The highest BCUT2D eigenvalue weighted by molar-refractivity contribution is 4.51. The highest BCUT2D eigenvalue weighted by Crippen LogP contribution is 2.00. The summed E-state index contributed by atoms with van der Waals surface area (Å²) in [6.07, 6.45) is 4.75. The molecule has 1 unspecified atom stereocenters. The van der Waals surface area contributed by atoms with Gasteiger partial charge in [0.1, 0.15) is 0 Å². The maximum atomic E-state index is 9.28. The van der Waals surface area contributed by atoms with Crippen molar-refractivity contribution in [2.75, 3.05) is 26.4 Å². The number of hydrogen-bond donors (Lipinski definition) is 1. The Morgan fingerprint density at radius 2 is 1.53 bits per heavy atom. The topological polar surface area (TPSA) is 38.7 Å². The van der Waals surface area contributed by atoms with E-state index in [1.54, 1.807) is 0 Å². The predicted molar refractivity (Wildman–Crippen MR) is 62.1 cm³/mol. The number of aliphatic hydroxyl groups excluding tert-OH is 1. The lowest BCUT2D eigenvalue weighted by atomic mass is 10.2. The summed E-state index contributed by atoms with van der Waals surface area (Å²) < 4.78 is 10.7. The van der Waals surface area contributed by atoms with E-state index in [4.69, 9.17) is 9.47 Å². The summed E-state index contributed by atoms with van der Waals surface area (Å²) in [5.74, 6) is 0. The van der Waals surface area contributed by atoms with Crippen molar-refractivity contribution in [1.29, 1.82) is 0 Å². The first-order valence-electron chi connectivity index (χ1n) is 6.14. The molecule has 0 aromatic carbocycles. The molecule has 92 valence electrons. The van der Waals surface area contributed by atoms with E-state index in [1.165, 1.54) is 6.42 Å². The minimum atomic E-state index is -0.158. The minimum Gasteiger partial charge on any atom is -0.393 e. The molecule has 0 aliphatic rings. The second-order valence-electron chi connectivity index (χ2n) is 3.78. The Morgan fingerprint density at radius 1 is 0.933 bits per heavy atom. The molecule has 0 saturated carbocycles. The van der Waals surface area contributed by atoms with E-state index < -0.39 is 0 Å². The predicted octanol–water partition coefficient (Wildman–Crippen LogP) is 2.37. The van der Waals surface area contributed by atoms with Crippen LogP contribution in [0.5, 0.6) is 0 Å². The summed E-state index contributed by atoms with van der Waals surface area (Å²) >= 11 is 0. The van der Waals surface area contributed by atoms with Gasteiger partial charge in [0, 0.05) is 13.2 Å². The zero-order chi connectivity index (χ0) is 11.4. The molecule has 0 saturated heterocycles. The van der Waals surface area contributed by atoms with E-state index >= 15 is 0 Å². The molecule has 0 aliphatic carbocycles. The number of unbranched alkanes of at least 4 members (excludes halogenated alkanes) is 1. The van der Waals surface area contributed by atoms with E-state index in [0.717, 1.165) is 38.9 Å². The quantitative estimate of drug-likeness (QED) is 0.541. The van der Waals surface area contributed by atoms with Crippen LogP contribution in [0.1, 0.15) is 46.0 Å². The van der Waals surface area contributed by atoms with Crippen molar-refractivity contribution < 1.29 is 14.6 Å². The van der Waals surface area contributed by atoms with Crippen LogP contribution in [0.3, 0.4) is 0 Å². The second-order valence-corrected chi connectivity index (χ2v) is 3.78. The van der Waals surface area contributed by atoms with E-state index in [-0.39, 0.29) is 6.10 Å². The van der Waals surface area contributed by atoms with Gasteiger partial charge >= 0.3 is 0 Å². The van der Waals surface area contributed by atoms with Crippen molar-refractivity contribution in [1.82, 2.24) is 0 Å². The number of hydrogen-bond acceptors (Lipinski definition) is 3. The fraction of sp³-hybridized carbons (Fsp3) is 1.00. The largest absolute Gasteiger partial charge is 0.393 e. The van der Waals surface area contributed by atoms with Gasteiger partial charge in [-0.15, -0.1) is 0 Å². The van der Waals surface area contributed by atoms with Gasteiger partial charge in [-0.1, -0.05) is 20.3 Å². The van der Waals surface area contributed by atoms with Crippen LogP contribution in [-0.2, 0) is 9.47 Å². The highest BCUT2D eigenvalue weighted by Gasteiger charge is 1.99. The number of ether oxygens (including phenoxy) is 2. The Labute approximate surface area is 93.8 Å². The molecule has 0 aliphatic heterocycles. The molecule has 0 rings (SSSR count). The van der Waals surface area contributed by atoms with Gasteiger partial charge in [0.05, 0.1) is 19.3 Å². The molecule has 0 fully saturated rings. The van der Waals surface area contributed by atoms with Gasteiger partial charge in [0.25, 0.3) is 0 Å². The van der Waals surface area contributed by atoms with Gasteiger partial charge in [0.15, 0.2) is 0 Å². The molecule has 15 heavy (non-hydrogen) atoms. The summed E-state index contributed by atoms with van der Waals surface area (Å²) in [6, 6.07) is 0. The molecule has 0 spiro atoms. The van der Waals surface area contributed by atoms with Gasteiger partial charge in [0.2, 0.25) is 0 Å². The Bertz CT molecular complexity index is 117. The monoisotopic (exact) mass is 218 g/mol. The van der Waals surface area contributed by atoms with Crippen LogP contribution in [0.25, 0.3) is 0 Å². The summed E-state index contributed by atoms with van der Waals surface area (Å²) in [5, 5.41) is 9.28. The van der Waals surface area contributed by atoms with Crippen LogP contribution >= 0.6 is 0 Å². The SMILES string of the molecule is CCCCOCCOCCCC(O)CC. The fourth-order valence-electron chi connectivity index (χ4n) is 1.19. The van der Waals surface area contributed by atoms with Crippen LogP contribution in [0.15, 0.2) is 0 Å². The third-order valence-corrected chi connectivity index (χ3v) is 2.31. The van der Waals surface area contributed by atoms with Crippen molar-refractivity contribution in [3.63, 3.8) is 0 Å². The summed E-state index contributed by atoms with van der Waals surface area (Å²) in [4.78, 5) is 0. The maximum absolute atomic E-state index is 9.28. The van der Waals surface area contributed by atoms with E-state index in [1.807, 2.05) is 6.92 Å². The zero-order valence-corrected chi connectivity index (χ0v) is 10.2. The fourth-order valence-corrected chi connectivity index (χ4v) is 1.19. The molecule has 0 heterocycles. The lowest BCUT2D eigenvalue weighted by Gasteiger charge is -2.08. The summed E-state index contributed by atoms with van der Waals surface area (Å²) in [6.45, 7) is 7.08. The smallest absolute Gasteiger partial charge is 0.0700 e. The van der Waals surface area contributed by atoms with E-state index in [2.05, 4.69) is 6.92 Å². The van der Waals surface area contributed by atoms with Crippen molar-refractivity contribution in [2.24, 2.45) is 0 Å². The van der Waals surface area contributed by atoms with Crippen molar-refractivity contribution in [2.45, 2.75) is 52.1 Å². The molecule has 0 aromatic heterocycles. The van der Waals surface area contributed by atoms with E-state index in [0.29, 0.717) is 13.2 Å². The molecule has 1 atom stereocenters. The van der Waals surface area contributed by atoms with Gasteiger partial charge in [-0.05, 0) is 25.7 Å². The lowest BCUT2D eigenvalue weighted by Crippen LogP contribution is -2.09. The Morgan fingerprint density at radius 3 is 2.07 bits per heavy atom. The molecule has 0 amide bonds. The van der Waals surface area contributed by atoms with Crippen molar-refractivity contribution in [3.05, 3.63) is 0 Å². The first kappa shape index (κ1) is 14.9. The summed E-state index contributed by atoms with van der Waals surface area (Å²) in [7, 11) is 0. The molecule has 0 aromatic rings. The first-order chi connectivity index (χ1) is 7.31. The number of rotatable bonds is 11. The lowest BCUT2D eigenvalue weighted by molar-refractivity contribution is 0.0411. The van der Waals surface area contributed by atoms with Gasteiger partial charge in [-0.3, -0.25) is 0 Å². The molecule has 3 heteroatoms. The van der Waals surface area contributed by atoms with Crippen LogP contribution in [0.2, 0.25) is 0 Å². The van der Waals surface area contributed by atoms with Crippen molar-refractivity contribution >= 4 is 0 Å². The Hall–Kier alpha value is -0.120. The Kier molecular flexibility index (Phi) is 11.9. The average molecular weight is 218 g/mol. The van der Waals surface area contributed by atoms with Gasteiger partial charge in [-0.25, -0.2) is 0 Å². The van der Waals surface area contributed by atoms with Crippen molar-refractivity contribution in [3.8, 4) is 0 Å². The maximum Gasteiger partial charge on any atom is 0.0700 e. The van der Waals surface area contributed by atoms with Gasteiger partial charge < -0.3 is 14.6 Å². The molecular formula is C12H26O3. The molecule has 0 radical (unpaired) electrons. The van der Waals surface area contributed by atoms with Crippen LogP contribution < -0.4 is 0 Å². The van der Waals surface area contributed by atoms with E-state index in [9.17, 15) is 5.11 Å². The standard InChI is InChI=1S/C12H26O3/c1-3-5-8-14-10-11-15-9-6-7-12(13)4-2/h12-13H,3-11H2,1-2H3. The Balaban J connectivity index is 2.92. The molecule has 0 bridgehead atoms. The second kappa shape index (κ2) is 12.0. The summed E-state index contributed by atoms with van der Waals surface area (Å²) in [5.41, 5.74) is 0. The third kappa shape index (κ3) is 11.8. The first-order valence-corrected chi connectivity index (χ1v) is 6.14.